The molecule has 21 heavy (non-hydrogen) atoms. The van der Waals surface area contributed by atoms with Crippen LogP contribution in [0.5, 0.6) is 0 Å². The van der Waals surface area contributed by atoms with E-state index in [-0.39, 0.29) is 10.0 Å². The Morgan fingerprint density at radius 1 is 1.05 bits per heavy atom. The third kappa shape index (κ3) is 3.09. The van der Waals surface area contributed by atoms with Crippen molar-refractivity contribution in [1.29, 1.82) is 0 Å². The third-order valence-electron chi connectivity index (χ3n) is 3.14. The summed E-state index contributed by atoms with van der Waals surface area (Å²) in [5.74, 6) is -0.452. The molecule has 3 rings (SSSR count). The van der Waals surface area contributed by atoms with Crippen LogP contribution in [0.3, 0.4) is 0 Å². The number of fused-ring (bicyclic) bond motifs is 1. The first-order valence-electron chi connectivity index (χ1n) is 6.35. The standard InChI is InChI=1S/C16H11Cl2FN2/c17-13-7-12(19)8-14(18)16(13)21-9-10-3-4-15-11(6-10)2-1-5-20-15/h1-8,21H,9H2. The molecule has 106 valence electrons. The van der Waals surface area contributed by atoms with Crippen molar-refractivity contribution in [2.75, 3.05) is 5.32 Å². The Hall–Kier alpha value is -1.84. The van der Waals surface area contributed by atoms with E-state index in [0.717, 1.165) is 16.5 Å². The molecule has 0 amide bonds. The largest absolute Gasteiger partial charge is 0.379 e. The number of halogens is 3. The van der Waals surface area contributed by atoms with Crippen LogP contribution >= 0.6 is 23.2 Å². The average molecular weight is 321 g/mol. The Morgan fingerprint density at radius 3 is 2.57 bits per heavy atom. The van der Waals surface area contributed by atoms with Crippen molar-refractivity contribution >= 4 is 39.8 Å². The second-order valence-electron chi connectivity index (χ2n) is 4.63. The molecule has 1 aromatic heterocycles. The highest BCUT2D eigenvalue weighted by Crippen LogP contribution is 2.31. The topological polar surface area (TPSA) is 24.9 Å². The monoisotopic (exact) mass is 320 g/mol. The summed E-state index contributed by atoms with van der Waals surface area (Å²) in [6, 6.07) is 12.4. The lowest BCUT2D eigenvalue weighted by molar-refractivity contribution is 0.628. The fourth-order valence-corrected chi connectivity index (χ4v) is 2.73. The van der Waals surface area contributed by atoms with E-state index < -0.39 is 5.82 Å². The summed E-state index contributed by atoms with van der Waals surface area (Å²) in [6.07, 6.45) is 1.76. The zero-order valence-electron chi connectivity index (χ0n) is 10.9. The lowest BCUT2D eigenvalue weighted by Crippen LogP contribution is -2.01. The zero-order valence-corrected chi connectivity index (χ0v) is 12.4. The van der Waals surface area contributed by atoms with Crippen molar-refractivity contribution in [3.8, 4) is 0 Å². The average Bonchev–Trinajstić information content (AvgIpc) is 2.46. The molecule has 0 saturated carbocycles. The van der Waals surface area contributed by atoms with Crippen molar-refractivity contribution in [3.05, 3.63) is 70.1 Å². The highest BCUT2D eigenvalue weighted by atomic mass is 35.5. The summed E-state index contributed by atoms with van der Waals surface area (Å²) < 4.78 is 13.1. The van der Waals surface area contributed by atoms with Gasteiger partial charge < -0.3 is 5.32 Å². The zero-order chi connectivity index (χ0) is 14.8. The van der Waals surface area contributed by atoms with Gasteiger partial charge in [0.15, 0.2) is 0 Å². The molecule has 0 saturated heterocycles. The number of benzene rings is 2. The molecule has 5 heteroatoms. The highest BCUT2D eigenvalue weighted by molar-refractivity contribution is 6.39. The van der Waals surface area contributed by atoms with Gasteiger partial charge in [0.25, 0.3) is 0 Å². The molecular formula is C16H11Cl2FN2. The van der Waals surface area contributed by atoms with E-state index in [1.54, 1.807) is 6.20 Å². The van der Waals surface area contributed by atoms with Crippen LogP contribution in [0, 0.1) is 5.82 Å². The lowest BCUT2D eigenvalue weighted by Gasteiger charge is -2.11. The van der Waals surface area contributed by atoms with Crippen LogP contribution < -0.4 is 5.32 Å². The molecule has 0 bridgehead atoms. The Kier molecular flexibility index (Phi) is 3.95. The first-order chi connectivity index (χ1) is 10.1. The maximum absolute atomic E-state index is 13.1. The molecule has 0 fully saturated rings. The van der Waals surface area contributed by atoms with E-state index in [1.165, 1.54) is 12.1 Å². The van der Waals surface area contributed by atoms with Gasteiger partial charge in [-0.25, -0.2) is 4.39 Å². The van der Waals surface area contributed by atoms with E-state index in [0.29, 0.717) is 12.2 Å². The van der Waals surface area contributed by atoms with Gasteiger partial charge in [0.05, 0.1) is 21.2 Å². The molecule has 3 aromatic rings. The van der Waals surface area contributed by atoms with Gasteiger partial charge >= 0.3 is 0 Å². The summed E-state index contributed by atoms with van der Waals surface area (Å²) in [7, 11) is 0. The molecule has 1 N–H and O–H groups in total. The minimum Gasteiger partial charge on any atom is -0.379 e. The molecule has 0 aliphatic rings. The fourth-order valence-electron chi connectivity index (χ4n) is 2.14. The fraction of sp³-hybridized carbons (Fsp3) is 0.0625. The predicted molar refractivity (Wildman–Crippen MR) is 85.5 cm³/mol. The summed E-state index contributed by atoms with van der Waals surface area (Å²) in [5, 5.41) is 4.73. The van der Waals surface area contributed by atoms with Gasteiger partial charge in [0.1, 0.15) is 5.82 Å². The molecule has 0 atom stereocenters. The molecule has 0 aliphatic heterocycles. The quantitative estimate of drug-likeness (QED) is 0.709. The highest BCUT2D eigenvalue weighted by Gasteiger charge is 2.08. The number of nitrogens with zero attached hydrogens (tertiary/aromatic N) is 1. The lowest BCUT2D eigenvalue weighted by atomic mass is 10.1. The number of nitrogens with one attached hydrogen (secondary N) is 1. The number of aromatic nitrogens is 1. The van der Waals surface area contributed by atoms with Crippen LogP contribution in [-0.2, 0) is 6.54 Å². The van der Waals surface area contributed by atoms with Crippen LogP contribution in [0.15, 0.2) is 48.7 Å². The van der Waals surface area contributed by atoms with Crippen LogP contribution in [0.4, 0.5) is 10.1 Å². The SMILES string of the molecule is Fc1cc(Cl)c(NCc2ccc3ncccc3c2)c(Cl)c1. The molecule has 2 nitrogen and oxygen atoms in total. The summed E-state index contributed by atoms with van der Waals surface area (Å²) >= 11 is 12.0. The van der Waals surface area contributed by atoms with Gasteiger partial charge in [-0.3, -0.25) is 4.98 Å². The van der Waals surface area contributed by atoms with Gasteiger partial charge in [0.2, 0.25) is 0 Å². The van der Waals surface area contributed by atoms with Crippen molar-refractivity contribution in [1.82, 2.24) is 4.98 Å². The van der Waals surface area contributed by atoms with Crippen molar-refractivity contribution in [2.45, 2.75) is 6.54 Å². The van der Waals surface area contributed by atoms with E-state index in [2.05, 4.69) is 10.3 Å². The summed E-state index contributed by atoms with van der Waals surface area (Å²) in [4.78, 5) is 4.27. The second kappa shape index (κ2) is 5.88. The van der Waals surface area contributed by atoms with Crippen LogP contribution in [0.2, 0.25) is 10.0 Å². The van der Waals surface area contributed by atoms with Gasteiger partial charge in [-0.2, -0.15) is 0 Å². The van der Waals surface area contributed by atoms with E-state index in [1.807, 2.05) is 30.3 Å². The molecular weight excluding hydrogens is 310 g/mol. The van der Waals surface area contributed by atoms with Gasteiger partial charge in [-0.05, 0) is 35.9 Å². The first-order valence-corrected chi connectivity index (χ1v) is 7.11. The smallest absolute Gasteiger partial charge is 0.126 e. The molecule has 1 heterocycles. The minimum atomic E-state index is -0.452. The Balaban J connectivity index is 1.83. The van der Waals surface area contributed by atoms with Gasteiger partial charge in [-0.1, -0.05) is 35.3 Å². The van der Waals surface area contributed by atoms with Crippen molar-refractivity contribution < 1.29 is 4.39 Å². The first kappa shape index (κ1) is 14.1. The molecule has 0 spiro atoms. The van der Waals surface area contributed by atoms with Gasteiger partial charge in [0, 0.05) is 18.1 Å². The Bertz CT molecular complexity index is 782. The number of pyridine rings is 1. The van der Waals surface area contributed by atoms with E-state index >= 15 is 0 Å². The normalized spacial score (nSPS) is 10.8. The number of hydrogen-bond acceptors (Lipinski definition) is 2. The number of rotatable bonds is 3. The third-order valence-corrected chi connectivity index (χ3v) is 3.74. The van der Waals surface area contributed by atoms with Crippen LogP contribution in [0.25, 0.3) is 10.9 Å². The number of hydrogen-bond donors (Lipinski definition) is 1. The van der Waals surface area contributed by atoms with Crippen molar-refractivity contribution in [2.24, 2.45) is 0 Å². The molecule has 0 radical (unpaired) electrons. The predicted octanol–water partition coefficient (Wildman–Crippen LogP) is 5.29. The molecule has 0 unspecified atom stereocenters. The second-order valence-corrected chi connectivity index (χ2v) is 5.44. The van der Waals surface area contributed by atoms with Crippen LogP contribution in [0.1, 0.15) is 5.56 Å². The van der Waals surface area contributed by atoms with Gasteiger partial charge in [-0.15, -0.1) is 0 Å². The molecule has 0 aliphatic carbocycles. The Labute approximate surface area is 131 Å². The number of anilines is 1. The van der Waals surface area contributed by atoms with E-state index in [9.17, 15) is 4.39 Å². The summed E-state index contributed by atoms with van der Waals surface area (Å²) in [6.45, 7) is 0.538. The van der Waals surface area contributed by atoms with E-state index in [4.69, 9.17) is 23.2 Å². The summed E-state index contributed by atoms with van der Waals surface area (Å²) in [5.41, 5.74) is 2.54. The molecule has 2 aromatic carbocycles. The van der Waals surface area contributed by atoms with Crippen LogP contribution in [-0.4, -0.2) is 4.98 Å². The minimum absolute atomic E-state index is 0.266. The maximum atomic E-state index is 13.1. The maximum Gasteiger partial charge on any atom is 0.126 e. The Morgan fingerprint density at radius 2 is 1.81 bits per heavy atom. The van der Waals surface area contributed by atoms with Crippen molar-refractivity contribution in [3.63, 3.8) is 0 Å².